The second-order valence-electron chi connectivity index (χ2n) is 3.92. The Labute approximate surface area is 129 Å². The van der Waals surface area contributed by atoms with Gasteiger partial charge in [0.25, 0.3) is 0 Å². The second kappa shape index (κ2) is 6.30. The molecule has 100 valence electrons. The molecule has 2 rings (SSSR count). The topological polar surface area (TPSA) is 44.5 Å². The van der Waals surface area contributed by atoms with E-state index in [4.69, 9.17) is 15.2 Å². The van der Waals surface area contributed by atoms with Crippen LogP contribution in [0.5, 0.6) is 11.5 Å². The van der Waals surface area contributed by atoms with Crippen LogP contribution in [0.15, 0.2) is 45.3 Å². The van der Waals surface area contributed by atoms with Crippen LogP contribution in [0, 0.1) is 0 Å². The summed E-state index contributed by atoms with van der Waals surface area (Å²) in [5.41, 5.74) is 7.52. The predicted octanol–water partition coefficient (Wildman–Crippen LogP) is 4.38. The molecule has 0 saturated carbocycles. The van der Waals surface area contributed by atoms with E-state index in [0.717, 1.165) is 20.3 Å². The van der Waals surface area contributed by atoms with Crippen LogP contribution in [0.1, 0.15) is 5.56 Å². The molecule has 2 N–H and O–H groups in total. The number of benzene rings is 2. The van der Waals surface area contributed by atoms with Gasteiger partial charge in [-0.15, -0.1) is 0 Å². The Kier molecular flexibility index (Phi) is 4.71. The Morgan fingerprint density at radius 3 is 2.53 bits per heavy atom. The molecule has 0 aliphatic carbocycles. The maximum Gasteiger partial charge on any atom is 0.156 e. The highest BCUT2D eigenvalue weighted by molar-refractivity contribution is 9.10. The van der Waals surface area contributed by atoms with Crippen LogP contribution < -0.4 is 15.2 Å². The highest BCUT2D eigenvalue weighted by Gasteiger charge is 2.07. The van der Waals surface area contributed by atoms with E-state index in [9.17, 15) is 0 Å². The summed E-state index contributed by atoms with van der Waals surface area (Å²) in [6.07, 6.45) is 0. The summed E-state index contributed by atoms with van der Waals surface area (Å²) in [7, 11) is 1.64. The van der Waals surface area contributed by atoms with Crippen LogP contribution in [-0.2, 0) is 6.61 Å². The zero-order valence-electron chi connectivity index (χ0n) is 10.3. The van der Waals surface area contributed by atoms with E-state index in [1.807, 2.05) is 36.4 Å². The number of nitrogen functional groups attached to an aromatic ring is 1. The summed E-state index contributed by atoms with van der Waals surface area (Å²) in [6.45, 7) is 0.440. The van der Waals surface area contributed by atoms with Gasteiger partial charge < -0.3 is 15.2 Å². The number of methoxy groups -OCH3 is 1. The Morgan fingerprint density at radius 1 is 1.11 bits per heavy atom. The highest BCUT2D eigenvalue weighted by Crippen LogP contribution is 2.32. The van der Waals surface area contributed by atoms with Gasteiger partial charge in [-0.2, -0.15) is 0 Å². The molecule has 0 bridgehead atoms. The average Bonchev–Trinajstić information content (AvgIpc) is 2.38. The third-order valence-electron chi connectivity index (χ3n) is 2.60. The molecule has 5 heteroatoms. The Hall–Kier alpha value is -1.20. The summed E-state index contributed by atoms with van der Waals surface area (Å²) in [5.74, 6) is 1.46. The van der Waals surface area contributed by atoms with Crippen molar-refractivity contribution in [3.05, 3.63) is 50.9 Å². The van der Waals surface area contributed by atoms with E-state index in [-0.39, 0.29) is 0 Å². The first-order valence-corrected chi connectivity index (χ1v) is 7.19. The lowest BCUT2D eigenvalue weighted by Crippen LogP contribution is -1.99. The minimum atomic E-state index is 0.440. The van der Waals surface area contributed by atoms with Gasteiger partial charge in [-0.3, -0.25) is 0 Å². The van der Waals surface area contributed by atoms with Crippen LogP contribution in [0.2, 0.25) is 0 Å². The zero-order chi connectivity index (χ0) is 13.8. The summed E-state index contributed by atoms with van der Waals surface area (Å²) >= 11 is 6.87. The van der Waals surface area contributed by atoms with Crippen LogP contribution in [0.3, 0.4) is 0 Å². The molecule has 0 spiro atoms. The van der Waals surface area contributed by atoms with E-state index in [1.165, 1.54) is 0 Å². The molecule has 0 aromatic heterocycles. The fraction of sp³-hybridized carbons (Fsp3) is 0.143. The highest BCUT2D eigenvalue weighted by atomic mass is 79.9. The number of halogens is 2. The number of rotatable bonds is 4. The molecule has 0 unspecified atom stereocenters. The first-order chi connectivity index (χ1) is 9.11. The lowest BCUT2D eigenvalue weighted by molar-refractivity contribution is 0.305. The normalized spacial score (nSPS) is 10.3. The van der Waals surface area contributed by atoms with Crippen molar-refractivity contribution in [1.29, 1.82) is 0 Å². The van der Waals surface area contributed by atoms with Crippen LogP contribution in [-0.4, -0.2) is 7.11 Å². The molecule has 0 heterocycles. The average molecular weight is 387 g/mol. The lowest BCUT2D eigenvalue weighted by atomic mass is 10.2. The summed E-state index contributed by atoms with van der Waals surface area (Å²) in [5, 5.41) is 0. The van der Waals surface area contributed by atoms with Gasteiger partial charge in [-0.25, -0.2) is 0 Å². The summed E-state index contributed by atoms with van der Waals surface area (Å²) in [6, 6.07) is 11.4. The zero-order valence-corrected chi connectivity index (χ0v) is 13.5. The van der Waals surface area contributed by atoms with Crippen molar-refractivity contribution in [1.82, 2.24) is 0 Å². The SMILES string of the molecule is COc1ccc(COc2c(N)cccc2Br)cc1Br. The van der Waals surface area contributed by atoms with Crippen LogP contribution in [0.4, 0.5) is 5.69 Å². The second-order valence-corrected chi connectivity index (χ2v) is 5.62. The maximum absolute atomic E-state index is 5.88. The van der Waals surface area contributed by atoms with Gasteiger partial charge in [0, 0.05) is 0 Å². The van der Waals surface area contributed by atoms with Crippen molar-refractivity contribution < 1.29 is 9.47 Å². The third-order valence-corrected chi connectivity index (χ3v) is 3.84. The van der Waals surface area contributed by atoms with Crippen LogP contribution in [0.25, 0.3) is 0 Å². The van der Waals surface area contributed by atoms with Gasteiger partial charge in [-0.05, 0) is 61.7 Å². The van der Waals surface area contributed by atoms with Crippen molar-refractivity contribution in [2.75, 3.05) is 12.8 Å². The minimum Gasteiger partial charge on any atom is -0.496 e. The van der Waals surface area contributed by atoms with E-state index < -0.39 is 0 Å². The fourth-order valence-electron chi connectivity index (χ4n) is 1.63. The molecule has 0 atom stereocenters. The standard InChI is InChI=1S/C14H13Br2NO2/c1-18-13-6-5-9(7-11(13)16)8-19-14-10(15)3-2-4-12(14)17/h2-7H,8,17H2,1H3. The fourth-order valence-corrected chi connectivity index (χ4v) is 2.72. The molecule has 0 fully saturated rings. The molecule has 2 aromatic carbocycles. The summed E-state index contributed by atoms with van der Waals surface area (Å²) < 4.78 is 12.7. The van der Waals surface area contributed by atoms with Crippen LogP contribution >= 0.6 is 31.9 Å². The predicted molar refractivity (Wildman–Crippen MR) is 83.6 cm³/mol. The van der Waals surface area contributed by atoms with Gasteiger partial charge in [0.05, 0.1) is 21.7 Å². The number of ether oxygens (including phenoxy) is 2. The molecular formula is C14H13Br2NO2. The van der Waals surface area contributed by atoms with Crippen molar-refractivity contribution >= 4 is 37.5 Å². The molecule has 19 heavy (non-hydrogen) atoms. The van der Waals surface area contributed by atoms with Gasteiger partial charge >= 0.3 is 0 Å². The van der Waals surface area contributed by atoms with Crippen molar-refractivity contribution in [3.63, 3.8) is 0 Å². The van der Waals surface area contributed by atoms with Crippen molar-refractivity contribution in [2.24, 2.45) is 0 Å². The maximum atomic E-state index is 5.88. The van der Waals surface area contributed by atoms with Crippen molar-refractivity contribution in [3.8, 4) is 11.5 Å². The third kappa shape index (κ3) is 3.42. The number of anilines is 1. The van der Waals surface area contributed by atoms with Gasteiger partial charge in [-0.1, -0.05) is 12.1 Å². The molecule has 0 aliphatic rings. The van der Waals surface area contributed by atoms with E-state index >= 15 is 0 Å². The molecule has 3 nitrogen and oxygen atoms in total. The Morgan fingerprint density at radius 2 is 1.89 bits per heavy atom. The number of para-hydroxylation sites is 1. The van der Waals surface area contributed by atoms with Gasteiger partial charge in [0.2, 0.25) is 0 Å². The van der Waals surface area contributed by atoms with Crippen molar-refractivity contribution in [2.45, 2.75) is 6.61 Å². The smallest absolute Gasteiger partial charge is 0.156 e. The van der Waals surface area contributed by atoms with E-state index in [0.29, 0.717) is 18.0 Å². The number of hydrogen-bond acceptors (Lipinski definition) is 3. The molecule has 0 amide bonds. The quantitative estimate of drug-likeness (QED) is 0.793. The Bertz CT molecular complexity index is 567. The molecular weight excluding hydrogens is 374 g/mol. The lowest BCUT2D eigenvalue weighted by Gasteiger charge is -2.11. The first-order valence-electron chi connectivity index (χ1n) is 5.61. The number of nitrogens with two attached hydrogens (primary N) is 1. The molecule has 0 aliphatic heterocycles. The van der Waals surface area contributed by atoms with Gasteiger partial charge in [0.15, 0.2) is 5.75 Å². The molecule has 2 aromatic rings. The van der Waals surface area contributed by atoms with E-state index in [2.05, 4.69) is 31.9 Å². The number of hydrogen-bond donors (Lipinski definition) is 1. The Balaban J connectivity index is 2.13. The minimum absolute atomic E-state index is 0.440. The summed E-state index contributed by atoms with van der Waals surface area (Å²) in [4.78, 5) is 0. The first kappa shape index (κ1) is 14.2. The van der Waals surface area contributed by atoms with E-state index in [1.54, 1.807) is 7.11 Å². The van der Waals surface area contributed by atoms with Gasteiger partial charge in [0.1, 0.15) is 12.4 Å². The molecule has 0 radical (unpaired) electrons. The largest absolute Gasteiger partial charge is 0.496 e. The monoisotopic (exact) mass is 385 g/mol. The molecule has 0 saturated heterocycles.